The second-order valence-corrected chi connectivity index (χ2v) is 4.70. The number of hydrogen-bond acceptors (Lipinski definition) is 4. The number of hydrogen-bond donors (Lipinski definition) is 1. The third-order valence-electron chi connectivity index (χ3n) is 3.49. The van der Waals surface area contributed by atoms with Crippen molar-refractivity contribution in [2.24, 2.45) is 5.73 Å². The van der Waals surface area contributed by atoms with Gasteiger partial charge in [-0.1, -0.05) is 30.3 Å². The summed E-state index contributed by atoms with van der Waals surface area (Å²) in [6, 6.07) is 9.87. The van der Waals surface area contributed by atoms with Gasteiger partial charge in [-0.25, -0.2) is 0 Å². The number of carbonyl (C=O) groups is 1. The Morgan fingerprint density at radius 3 is 2.78 bits per heavy atom. The minimum atomic E-state index is -0.209. The Bertz CT molecular complexity index is 394. The Labute approximate surface area is 108 Å². The summed E-state index contributed by atoms with van der Waals surface area (Å²) >= 11 is 0. The molecule has 4 heteroatoms. The zero-order valence-electron chi connectivity index (χ0n) is 10.7. The summed E-state index contributed by atoms with van der Waals surface area (Å²) < 4.78 is 4.87. The molecule has 0 radical (unpaired) electrons. The van der Waals surface area contributed by atoms with E-state index >= 15 is 0 Å². The average Bonchev–Trinajstić information content (AvgIpc) is 2.41. The number of piperidine rings is 1. The minimum Gasteiger partial charge on any atom is -0.468 e. The first-order valence-electron chi connectivity index (χ1n) is 6.35. The van der Waals surface area contributed by atoms with E-state index in [2.05, 4.69) is 12.1 Å². The third-order valence-corrected chi connectivity index (χ3v) is 3.49. The van der Waals surface area contributed by atoms with Crippen molar-refractivity contribution in [1.29, 1.82) is 0 Å². The van der Waals surface area contributed by atoms with Crippen LogP contribution >= 0.6 is 0 Å². The summed E-state index contributed by atoms with van der Waals surface area (Å²) in [5.74, 6) is -0.180. The summed E-state index contributed by atoms with van der Waals surface area (Å²) in [6.07, 6.45) is 2.67. The van der Waals surface area contributed by atoms with Crippen LogP contribution < -0.4 is 5.73 Å². The smallest absolute Gasteiger partial charge is 0.323 e. The number of nitrogens with two attached hydrogens (primary N) is 1. The maximum absolute atomic E-state index is 11.8. The van der Waals surface area contributed by atoms with Gasteiger partial charge >= 0.3 is 5.97 Å². The number of ether oxygens (including phenoxy) is 1. The SMILES string of the molecule is COC(=O)C1CCCC(N)N1Cc1ccccc1. The summed E-state index contributed by atoms with van der Waals surface area (Å²) in [5.41, 5.74) is 7.30. The van der Waals surface area contributed by atoms with E-state index in [1.54, 1.807) is 0 Å². The first kappa shape index (κ1) is 13.1. The predicted octanol–water partition coefficient (Wildman–Crippen LogP) is 1.50. The van der Waals surface area contributed by atoms with Gasteiger partial charge in [0.05, 0.1) is 13.3 Å². The Morgan fingerprint density at radius 2 is 2.11 bits per heavy atom. The van der Waals surface area contributed by atoms with Crippen molar-refractivity contribution in [2.75, 3.05) is 7.11 Å². The molecule has 0 aliphatic carbocycles. The van der Waals surface area contributed by atoms with Crippen molar-refractivity contribution in [1.82, 2.24) is 4.90 Å². The number of nitrogens with zero attached hydrogens (tertiary/aromatic N) is 1. The van der Waals surface area contributed by atoms with Crippen LogP contribution in [-0.4, -0.2) is 30.2 Å². The van der Waals surface area contributed by atoms with Crippen LogP contribution in [0.2, 0.25) is 0 Å². The fourth-order valence-electron chi connectivity index (χ4n) is 2.49. The molecular weight excluding hydrogens is 228 g/mol. The molecule has 0 bridgehead atoms. The number of carbonyl (C=O) groups excluding carboxylic acids is 1. The molecule has 2 rings (SSSR count). The van der Waals surface area contributed by atoms with Crippen LogP contribution in [0.5, 0.6) is 0 Å². The molecule has 2 atom stereocenters. The Kier molecular flexibility index (Phi) is 4.33. The largest absolute Gasteiger partial charge is 0.468 e. The number of likely N-dealkylation sites (tertiary alicyclic amines) is 1. The fraction of sp³-hybridized carbons (Fsp3) is 0.500. The topological polar surface area (TPSA) is 55.6 Å². The third kappa shape index (κ3) is 2.89. The van der Waals surface area contributed by atoms with Crippen molar-refractivity contribution in [3.63, 3.8) is 0 Å². The van der Waals surface area contributed by atoms with E-state index in [9.17, 15) is 4.79 Å². The summed E-state index contributed by atoms with van der Waals surface area (Å²) in [6.45, 7) is 0.696. The molecular formula is C14H20N2O2. The highest BCUT2D eigenvalue weighted by molar-refractivity contribution is 5.75. The highest BCUT2D eigenvalue weighted by Gasteiger charge is 2.33. The monoisotopic (exact) mass is 248 g/mol. The summed E-state index contributed by atoms with van der Waals surface area (Å²) in [7, 11) is 1.43. The van der Waals surface area contributed by atoms with Gasteiger partial charge in [-0.05, 0) is 24.8 Å². The summed E-state index contributed by atoms with van der Waals surface area (Å²) in [5, 5.41) is 0. The van der Waals surface area contributed by atoms with Crippen LogP contribution in [0.15, 0.2) is 30.3 Å². The normalized spacial score (nSPS) is 24.8. The van der Waals surface area contributed by atoms with Crippen LogP contribution in [0.3, 0.4) is 0 Å². The highest BCUT2D eigenvalue weighted by Crippen LogP contribution is 2.23. The molecule has 1 aromatic rings. The zero-order chi connectivity index (χ0) is 13.0. The lowest BCUT2D eigenvalue weighted by atomic mass is 9.99. The van der Waals surface area contributed by atoms with Gasteiger partial charge in [0.2, 0.25) is 0 Å². The lowest BCUT2D eigenvalue weighted by molar-refractivity contribution is -0.150. The van der Waals surface area contributed by atoms with Gasteiger partial charge in [0.15, 0.2) is 0 Å². The van der Waals surface area contributed by atoms with E-state index in [0.29, 0.717) is 6.54 Å². The van der Waals surface area contributed by atoms with E-state index in [1.807, 2.05) is 23.1 Å². The van der Waals surface area contributed by atoms with E-state index in [-0.39, 0.29) is 18.2 Å². The standard InChI is InChI=1S/C14H20N2O2/c1-18-14(17)12-8-5-9-13(15)16(12)10-11-6-3-2-4-7-11/h2-4,6-7,12-13H,5,8-10,15H2,1H3. The van der Waals surface area contributed by atoms with E-state index in [4.69, 9.17) is 10.5 Å². The van der Waals surface area contributed by atoms with Crippen molar-refractivity contribution < 1.29 is 9.53 Å². The van der Waals surface area contributed by atoms with Crippen LogP contribution in [0, 0.1) is 0 Å². The van der Waals surface area contributed by atoms with Gasteiger partial charge in [-0.15, -0.1) is 0 Å². The van der Waals surface area contributed by atoms with Gasteiger partial charge in [0.25, 0.3) is 0 Å². The van der Waals surface area contributed by atoms with Gasteiger partial charge < -0.3 is 10.5 Å². The molecule has 0 saturated carbocycles. The van der Waals surface area contributed by atoms with Crippen LogP contribution in [0.25, 0.3) is 0 Å². The molecule has 2 unspecified atom stereocenters. The van der Waals surface area contributed by atoms with Crippen molar-refractivity contribution >= 4 is 5.97 Å². The van der Waals surface area contributed by atoms with Gasteiger partial charge in [-0.2, -0.15) is 0 Å². The molecule has 1 aromatic carbocycles. The molecule has 1 saturated heterocycles. The number of rotatable bonds is 3. The maximum Gasteiger partial charge on any atom is 0.323 e. The van der Waals surface area contributed by atoms with Crippen molar-refractivity contribution in [3.8, 4) is 0 Å². The molecule has 0 aromatic heterocycles. The van der Waals surface area contributed by atoms with Crippen LogP contribution in [-0.2, 0) is 16.1 Å². The molecule has 98 valence electrons. The second kappa shape index (κ2) is 5.98. The highest BCUT2D eigenvalue weighted by atomic mass is 16.5. The summed E-state index contributed by atoms with van der Waals surface area (Å²) in [4.78, 5) is 13.8. The molecule has 18 heavy (non-hydrogen) atoms. The minimum absolute atomic E-state index is 0.0666. The molecule has 0 spiro atoms. The van der Waals surface area contributed by atoms with Crippen LogP contribution in [0.1, 0.15) is 24.8 Å². The Balaban J connectivity index is 2.12. The first-order chi connectivity index (χ1) is 8.72. The lowest BCUT2D eigenvalue weighted by Gasteiger charge is -2.38. The van der Waals surface area contributed by atoms with E-state index in [1.165, 1.54) is 12.7 Å². The number of methoxy groups -OCH3 is 1. The molecule has 2 N–H and O–H groups in total. The molecule has 1 heterocycles. The fourth-order valence-corrected chi connectivity index (χ4v) is 2.49. The zero-order valence-corrected chi connectivity index (χ0v) is 10.7. The van der Waals surface area contributed by atoms with E-state index < -0.39 is 0 Å². The number of benzene rings is 1. The Morgan fingerprint density at radius 1 is 1.39 bits per heavy atom. The molecule has 1 aliphatic rings. The van der Waals surface area contributed by atoms with Crippen LogP contribution in [0.4, 0.5) is 0 Å². The quantitative estimate of drug-likeness (QED) is 0.824. The molecule has 4 nitrogen and oxygen atoms in total. The first-order valence-corrected chi connectivity index (χ1v) is 6.35. The number of esters is 1. The second-order valence-electron chi connectivity index (χ2n) is 4.70. The van der Waals surface area contributed by atoms with Gasteiger partial charge in [-0.3, -0.25) is 9.69 Å². The van der Waals surface area contributed by atoms with Gasteiger partial charge in [0.1, 0.15) is 6.04 Å². The lowest BCUT2D eigenvalue weighted by Crippen LogP contribution is -2.53. The van der Waals surface area contributed by atoms with Crippen molar-refractivity contribution in [3.05, 3.63) is 35.9 Å². The molecule has 1 fully saturated rings. The molecule has 1 aliphatic heterocycles. The molecule has 0 amide bonds. The van der Waals surface area contributed by atoms with E-state index in [0.717, 1.165) is 19.3 Å². The Hall–Kier alpha value is -1.39. The van der Waals surface area contributed by atoms with Crippen molar-refractivity contribution in [2.45, 2.75) is 38.0 Å². The maximum atomic E-state index is 11.8. The average molecular weight is 248 g/mol. The predicted molar refractivity (Wildman–Crippen MR) is 69.6 cm³/mol. The van der Waals surface area contributed by atoms with Gasteiger partial charge in [0, 0.05) is 6.54 Å².